The lowest BCUT2D eigenvalue weighted by atomic mass is 9.76. The van der Waals surface area contributed by atoms with E-state index in [2.05, 4.69) is 25.2 Å². The first-order chi connectivity index (χ1) is 12.5. The third-order valence-electron chi connectivity index (χ3n) is 5.95. The Morgan fingerprint density at radius 3 is 2.50 bits per heavy atom. The Morgan fingerprint density at radius 1 is 0.962 bits per heavy atom. The highest BCUT2D eigenvalue weighted by Crippen LogP contribution is 2.54. The molecule has 2 aliphatic heterocycles. The van der Waals surface area contributed by atoms with Gasteiger partial charge in [0.05, 0.1) is 11.1 Å². The van der Waals surface area contributed by atoms with Crippen molar-refractivity contribution >= 4 is 28.1 Å². The zero-order valence-corrected chi connectivity index (χ0v) is 15.0. The molecule has 0 radical (unpaired) electrons. The molecule has 0 saturated carbocycles. The minimum Gasteiger partial charge on any atom is -0.455 e. The SMILES string of the molecule is CN1c2ccccc2C(C)(C)C12Oc1ccc3ccccc3c1NC2=O. The average Bonchev–Trinajstić information content (AvgIpc) is 2.82. The van der Waals surface area contributed by atoms with Gasteiger partial charge in [0, 0.05) is 18.1 Å². The molecule has 0 fully saturated rings. The number of rotatable bonds is 0. The van der Waals surface area contributed by atoms with Gasteiger partial charge < -0.3 is 15.0 Å². The highest BCUT2D eigenvalue weighted by molar-refractivity contribution is 6.11. The molecule has 0 saturated heterocycles. The number of para-hydroxylation sites is 1. The van der Waals surface area contributed by atoms with Crippen LogP contribution in [-0.2, 0) is 10.2 Å². The van der Waals surface area contributed by atoms with Gasteiger partial charge in [-0.1, -0.05) is 48.5 Å². The molecule has 2 heterocycles. The van der Waals surface area contributed by atoms with Crippen LogP contribution in [0.15, 0.2) is 60.7 Å². The molecular formula is C22H20N2O2. The van der Waals surface area contributed by atoms with Crippen LogP contribution in [0.5, 0.6) is 5.75 Å². The molecule has 1 spiro atoms. The number of hydrogen-bond donors (Lipinski definition) is 1. The molecule has 3 aromatic rings. The van der Waals surface area contributed by atoms with E-state index in [1.807, 2.05) is 66.5 Å². The van der Waals surface area contributed by atoms with Gasteiger partial charge in [-0.25, -0.2) is 0 Å². The molecule has 0 bridgehead atoms. The Morgan fingerprint density at radius 2 is 1.69 bits per heavy atom. The molecule has 0 aromatic heterocycles. The molecule has 3 aromatic carbocycles. The summed E-state index contributed by atoms with van der Waals surface area (Å²) in [5, 5.41) is 5.22. The van der Waals surface area contributed by atoms with E-state index in [9.17, 15) is 4.79 Å². The zero-order valence-electron chi connectivity index (χ0n) is 15.0. The Labute approximate surface area is 152 Å². The summed E-state index contributed by atoms with van der Waals surface area (Å²) in [6, 6.07) is 20.1. The van der Waals surface area contributed by atoms with E-state index in [-0.39, 0.29) is 5.91 Å². The van der Waals surface area contributed by atoms with Gasteiger partial charge in [0.1, 0.15) is 5.75 Å². The molecule has 1 unspecified atom stereocenters. The van der Waals surface area contributed by atoms with Crippen LogP contribution < -0.4 is 15.0 Å². The van der Waals surface area contributed by atoms with Crippen molar-refractivity contribution < 1.29 is 9.53 Å². The van der Waals surface area contributed by atoms with E-state index in [4.69, 9.17) is 4.74 Å². The van der Waals surface area contributed by atoms with Crippen molar-refractivity contribution in [2.45, 2.75) is 25.0 Å². The standard InChI is InChI=1S/C22H20N2O2/c1-21(2)16-10-6-7-11-17(16)24(3)22(21)20(25)23-19-15-9-5-4-8-14(15)12-13-18(19)26-22/h4-13H,1-3H3,(H,23,25). The van der Waals surface area contributed by atoms with Gasteiger partial charge in [-0.05, 0) is 36.9 Å². The number of benzene rings is 3. The highest BCUT2D eigenvalue weighted by atomic mass is 16.5. The normalized spacial score (nSPS) is 22.7. The monoisotopic (exact) mass is 344 g/mol. The fourth-order valence-electron chi connectivity index (χ4n) is 4.57. The summed E-state index contributed by atoms with van der Waals surface area (Å²) in [5.41, 5.74) is 1.26. The number of fused-ring (bicyclic) bond motifs is 4. The minimum absolute atomic E-state index is 0.134. The lowest BCUT2D eigenvalue weighted by Gasteiger charge is -2.46. The molecule has 4 nitrogen and oxygen atoms in total. The number of anilines is 2. The predicted molar refractivity (Wildman–Crippen MR) is 104 cm³/mol. The third-order valence-corrected chi connectivity index (χ3v) is 5.95. The number of carbonyl (C=O) groups is 1. The Hall–Kier alpha value is -3.01. The van der Waals surface area contributed by atoms with Crippen LogP contribution in [0.4, 0.5) is 11.4 Å². The van der Waals surface area contributed by atoms with E-state index in [0.717, 1.165) is 27.7 Å². The van der Waals surface area contributed by atoms with Crippen LogP contribution in [0.2, 0.25) is 0 Å². The molecule has 4 heteroatoms. The van der Waals surface area contributed by atoms with Crippen molar-refractivity contribution in [3.63, 3.8) is 0 Å². The fraction of sp³-hybridized carbons (Fsp3) is 0.227. The first-order valence-electron chi connectivity index (χ1n) is 8.82. The van der Waals surface area contributed by atoms with Crippen molar-refractivity contribution in [1.29, 1.82) is 0 Å². The number of ether oxygens (including phenoxy) is 1. The first-order valence-corrected chi connectivity index (χ1v) is 8.82. The van der Waals surface area contributed by atoms with E-state index in [1.54, 1.807) is 0 Å². The third kappa shape index (κ3) is 1.62. The molecule has 130 valence electrons. The molecule has 2 aliphatic rings. The summed E-state index contributed by atoms with van der Waals surface area (Å²) in [6.07, 6.45) is 0. The van der Waals surface area contributed by atoms with Crippen LogP contribution in [0.3, 0.4) is 0 Å². The topological polar surface area (TPSA) is 41.6 Å². The summed E-state index contributed by atoms with van der Waals surface area (Å²) < 4.78 is 6.52. The molecule has 26 heavy (non-hydrogen) atoms. The maximum absolute atomic E-state index is 13.4. The maximum atomic E-state index is 13.4. The Kier molecular flexibility index (Phi) is 2.81. The largest absolute Gasteiger partial charge is 0.455 e. The van der Waals surface area contributed by atoms with Gasteiger partial charge >= 0.3 is 0 Å². The van der Waals surface area contributed by atoms with Crippen LogP contribution in [0, 0.1) is 0 Å². The van der Waals surface area contributed by atoms with E-state index >= 15 is 0 Å². The Balaban J connectivity index is 1.74. The second-order valence-electron chi connectivity index (χ2n) is 7.56. The van der Waals surface area contributed by atoms with Gasteiger partial charge in [-0.15, -0.1) is 0 Å². The van der Waals surface area contributed by atoms with Crippen LogP contribution in [-0.4, -0.2) is 18.7 Å². The van der Waals surface area contributed by atoms with E-state index < -0.39 is 11.1 Å². The van der Waals surface area contributed by atoms with Gasteiger partial charge in [0.15, 0.2) is 0 Å². The Bertz CT molecular complexity index is 1070. The lowest BCUT2D eigenvalue weighted by molar-refractivity contribution is -0.137. The van der Waals surface area contributed by atoms with Crippen molar-refractivity contribution in [3.8, 4) is 5.75 Å². The first kappa shape index (κ1) is 15.3. The van der Waals surface area contributed by atoms with Crippen LogP contribution in [0.25, 0.3) is 10.8 Å². The van der Waals surface area contributed by atoms with Gasteiger partial charge in [-0.2, -0.15) is 0 Å². The number of amides is 1. The fourth-order valence-corrected chi connectivity index (χ4v) is 4.57. The number of likely N-dealkylation sites (N-methyl/N-ethyl adjacent to an activating group) is 1. The van der Waals surface area contributed by atoms with Crippen LogP contribution >= 0.6 is 0 Å². The van der Waals surface area contributed by atoms with Crippen molar-refractivity contribution in [2.24, 2.45) is 0 Å². The minimum atomic E-state index is -1.12. The number of carbonyl (C=O) groups excluding carboxylic acids is 1. The zero-order chi connectivity index (χ0) is 18.1. The van der Waals surface area contributed by atoms with Gasteiger partial charge in [-0.3, -0.25) is 4.79 Å². The van der Waals surface area contributed by atoms with Crippen molar-refractivity contribution in [2.75, 3.05) is 17.3 Å². The van der Waals surface area contributed by atoms with Gasteiger partial charge in [0.25, 0.3) is 11.6 Å². The molecule has 0 aliphatic carbocycles. The average molecular weight is 344 g/mol. The summed E-state index contributed by atoms with van der Waals surface area (Å²) in [5.74, 6) is 0.570. The number of nitrogens with one attached hydrogen (secondary N) is 1. The second kappa shape index (κ2) is 4.79. The molecule has 1 atom stereocenters. The molecular weight excluding hydrogens is 324 g/mol. The maximum Gasteiger partial charge on any atom is 0.291 e. The van der Waals surface area contributed by atoms with Crippen LogP contribution in [0.1, 0.15) is 19.4 Å². The smallest absolute Gasteiger partial charge is 0.291 e. The lowest BCUT2D eigenvalue weighted by Crippen LogP contribution is -2.67. The number of hydrogen-bond acceptors (Lipinski definition) is 3. The van der Waals surface area contributed by atoms with Crippen molar-refractivity contribution in [1.82, 2.24) is 0 Å². The second-order valence-corrected chi connectivity index (χ2v) is 7.56. The summed E-state index contributed by atoms with van der Waals surface area (Å²) in [6.45, 7) is 4.14. The van der Waals surface area contributed by atoms with E-state index in [1.165, 1.54) is 0 Å². The molecule has 1 amide bonds. The number of nitrogens with zero attached hydrogens (tertiary/aromatic N) is 1. The highest BCUT2D eigenvalue weighted by Gasteiger charge is 2.64. The molecule has 1 N–H and O–H groups in total. The van der Waals surface area contributed by atoms with Crippen molar-refractivity contribution in [3.05, 3.63) is 66.2 Å². The summed E-state index contributed by atoms with van der Waals surface area (Å²) in [7, 11) is 1.93. The van der Waals surface area contributed by atoms with Gasteiger partial charge in [0.2, 0.25) is 0 Å². The summed E-state index contributed by atoms with van der Waals surface area (Å²) in [4.78, 5) is 15.4. The quantitative estimate of drug-likeness (QED) is 0.661. The summed E-state index contributed by atoms with van der Waals surface area (Å²) >= 11 is 0. The molecule has 5 rings (SSSR count). The predicted octanol–water partition coefficient (Wildman–Crippen LogP) is 4.29. The van der Waals surface area contributed by atoms with E-state index in [0.29, 0.717) is 5.75 Å².